The summed E-state index contributed by atoms with van der Waals surface area (Å²) in [6.45, 7) is 4.35. The summed E-state index contributed by atoms with van der Waals surface area (Å²) in [5, 5.41) is 2.96. The fourth-order valence-electron chi connectivity index (χ4n) is 3.09. The van der Waals surface area contributed by atoms with Crippen LogP contribution in [0.3, 0.4) is 0 Å². The van der Waals surface area contributed by atoms with Crippen LogP contribution in [0.15, 0.2) is 73.1 Å². The van der Waals surface area contributed by atoms with Crippen LogP contribution in [0.4, 0.5) is 5.69 Å². The normalized spacial score (nSPS) is 10.8. The van der Waals surface area contributed by atoms with Gasteiger partial charge in [0.15, 0.2) is 0 Å². The van der Waals surface area contributed by atoms with Crippen LogP contribution in [0.1, 0.15) is 27.2 Å². The number of nitrogens with one attached hydrogen (secondary N) is 1. The first-order valence-corrected chi connectivity index (χ1v) is 9.12. The third-order valence-electron chi connectivity index (χ3n) is 4.53. The molecule has 140 valence electrons. The minimum absolute atomic E-state index is 0.162. The number of imidazole rings is 1. The lowest BCUT2D eigenvalue weighted by Crippen LogP contribution is -2.13. The van der Waals surface area contributed by atoms with E-state index >= 15 is 0 Å². The fraction of sp³-hybridized carbons (Fsp3) is 0.130. The molecule has 5 heteroatoms. The van der Waals surface area contributed by atoms with Gasteiger partial charge in [0.05, 0.1) is 5.69 Å². The number of aromatic nitrogens is 2. The molecule has 0 atom stereocenters. The minimum Gasteiger partial charge on any atom is -0.487 e. The van der Waals surface area contributed by atoms with Crippen LogP contribution in [-0.2, 0) is 6.61 Å². The summed E-state index contributed by atoms with van der Waals surface area (Å²) in [6, 6.07) is 19.0. The number of carbonyl (C=O) groups excluding carboxylic acids is 1. The van der Waals surface area contributed by atoms with Crippen molar-refractivity contribution in [3.63, 3.8) is 0 Å². The van der Waals surface area contributed by atoms with Crippen molar-refractivity contribution < 1.29 is 9.53 Å². The molecule has 0 unspecified atom stereocenters. The average molecular weight is 371 g/mol. The molecule has 2 aromatic heterocycles. The molecule has 0 saturated carbocycles. The molecule has 1 N–H and O–H groups in total. The Morgan fingerprint density at radius 3 is 2.79 bits per heavy atom. The number of carbonyl (C=O) groups is 1. The van der Waals surface area contributed by atoms with Crippen molar-refractivity contribution >= 4 is 17.2 Å². The zero-order valence-corrected chi connectivity index (χ0v) is 15.8. The molecule has 28 heavy (non-hydrogen) atoms. The van der Waals surface area contributed by atoms with E-state index < -0.39 is 0 Å². The largest absolute Gasteiger partial charge is 0.487 e. The van der Waals surface area contributed by atoms with Crippen LogP contribution >= 0.6 is 0 Å². The van der Waals surface area contributed by atoms with Crippen molar-refractivity contribution in [1.82, 2.24) is 9.38 Å². The zero-order valence-electron chi connectivity index (χ0n) is 15.8. The van der Waals surface area contributed by atoms with Crippen LogP contribution in [0.5, 0.6) is 5.75 Å². The predicted molar refractivity (Wildman–Crippen MR) is 110 cm³/mol. The Hall–Kier alpha value is -3.60. The van der Waals surface area contributed by atoms with E-state index in [1.54, 1.807) is 12.1 Å². The number of nitrogens with zero attached hydrogens (tertiary/aromatic N) is 2. The van der Waals surface area contributed by atoms with Crippen molar-refractivity contribution in [3.05, 3.63) is 95.4 Å². The topological polar surface area (TPSA) is 55.6 Å². The molecule has 4 rings (SSSR count). The monoisotopic (exact) mass is 371 g/mol. The summed E-state index contributed by atoms with van der Waals surface area (Å²) in [5.41, 5.74) is 5.27. The molecule has 0 saturated heterocycles. The van der Waals surface area contributed by atoms with Gasteiger partial charge in [-0.3, -0.25) is 4.79 Å². The van der Waals surface area contributed by atoms with E-state index in [4.69, 9.17) is 4.74 Å². The van der Waals surface area contributed by atoms with Gasteiger partial charge in [-0.25, -0.2) is 4.98 Å². The number of pyridine rings is 1. The van der Waals surface area contributed by atoms with Crippen LogP contribution in [0.25, 0.3) is 5.65 Å². The van der Waals surface area contributed by atoms with E-state index in [1.165, 1.54) is 0 Å². The fourth-order valence-corrected chi connectivity index (χ4v) is 3.09. The van der Waals surface area contributed by atoms with E-state index in [0.29, 0.717) is 17.9 Å². The number of fused-ring (bicyclic) bond motifs is 1. The lowest BCUT2D eigenvalue weighted by molar-refractivity contribution is 0.102. The van der Waals surface area contributed by atoms with Gasteiger partial charge in [-0.2, -0.15) is 0 Å². The van der Waals surface area contributed by atoms with Crippen molar-refractivity contribution in [2.24, 2.45) is 0 Å². The number of rotatable bonds is 5. The highest BCUT2D eigenvalue weighted by Gasteiger charge is 2.10. The van der Waals surface area contributed by atoms with Gasteiger partial charge in [0.2, 0.25) is 0 Å². The van der Waals surface area contributed by atoms with Gasteiger partial charge in [0, 0.05) is 23.6 Å². The molecule has 0 radical (unpaired) electrons. The molecule has 0 aliphatic rings. The van der Waals surface area contributed by atoms with Gasteiger partial charge in [-0.15, -0.1) is 0 Å². The molecule has 1 amide bonds. The Morgan fingerprint density at radius 1 is 1.07 bits per heavy atom. The summed E-state index contributed by atoms with van der Waals surface area (Å²) < 4.78 is 7.80. The second kappa shape index (κ2) is 7.56. The Balaban J connectivity index is 1.45. The van der Waals surface area contributed by atoms with Crippen LogP contribution in [-0.4, -0.2) is 15.3 Å². The van der Waals surface area contributed by atoms with Crippen LogP contribution in [0, 0.1) is 13.8 Å². The Kier molecular flexibility index (Phi) is 4.81. The van der Waals surface area contributed by atoms with Gasteiger partial charge in [-0.05, 0) is 55.8 Å². The lowest BCUT2D eigenvalue weighted by atomic mass is 10.1. The Morgan fingerprint density at radius 2 is 1.96 bits per heavy atom. The van der Waals surface area contributed by atoms with Gasteiger partial charge in [0.1, 0.15) is 18.0 Å². The van der Waals surface area contributed by atoms with Gasteiger partial charge >= 0.3 is 0 Å². The maximum Gasteiger partial charge on any atom is 0.255 e. The first kappa shape index (κ1) is 17.8. The van der Waals surface area contributed by atoms with E-state index in [-0.39, 0.29) is 5.91 Å². The van der Waals surface area contributed by atoms with Gasteiger partial charge in [0.25, 0.3) is 5.91 Å². The third kappa shape index (κ3) is 3.88. The number of aryl methyl sites for hydroxylation is 2. The summed E-state index contributed by atoms with van der Waals surface area (Å²) in [7, 11) is 0. The molecule has 0 aliphatic carbocycles. The number of benzene rings is 2. The highest BCUT2D eigenvalue weighted by Crippen LogP contribution is 2.19. The first-order chi connectivity index (χ1) is 13.6. The molecule has 0 fully saturated rings. The highest BCUT2D eigenvalue weighted by atomic mass is 16.5. The molecule has 2 heterocycles. The van der Waals surface area contributed by atoms with E-state index in [0.717, 1.165) is 28.2 Å². The Bertz CT molecular complexity index is 1110. The van der Waals surface area contributed by atoms with Crippen molar-refractivity contribution in [3.8, 4) is 5.75 Å². The lowest BCUT2D eigenvalue weighted by Gasteiger charge is -2.10. The van der Waals surface area contributed by atoms with Crippen molar-refractivity contribution in [2.75, 3.05) is 5.32 Å². The van der Waals surface area contributed by atoms with E-state index in [9.17, 15) is 4.79 Å². The molecule has 0 spiro atoms. The number of hydrogen-bond donors (Lipinski definition) is 1. The second-order valence-corrected chi connectivity index (χ2v) is 6.79. The average Bonchev–Trinajstić information content (AvgIpc) is 3.12. The minimum atomic E-state index is -0.162. The zero-order chi connectivity index (χ0) is 19.5. The number of amides is 1. The SMILES string of the molecule is Cc1ccc(NC(=O)c2cccc(OCc3cn4ccccc4n3)c2)c(C)c1. The van der Waals surface area contributed by atoms with Crippen LogP contribution < -0.4 is 10.1 Å². The number of ether oxygens (including phenoxy) is 1. The van der Waals surface area contributed by atoms with Gasteiger partial charge in [-0.1, -0.05) is 29.8 Å². The van der Waals surface area contributed by atoms with Crippen LogP contribution in [0.2, 0.25) is 0 Å². The van der Waals surface area contributed by atoms with Gasteiger partial charge < -0.3 is 14.5 Å². The molecule has 0 bridgehead atoms. The second-order valence-electron chi connectivity index (χ2n) is 6.79. The quantitative estimate of drug-likeness (QED) is 0.549. The predicted octanol–water partition coefficient (Wildman–Crippen LogP) is 4.78. The Labute approximate surface area is 163 Å². The summed E-state index contributed by atoms with van der Waals surface area (Å²) in [5.74, 6) is 0.468. The highest BCUT2D eigenvalue weighted by molar-refractivity contribution is 6.04. The van der Waals surface area contributed by atoms with E-state index in [2.05, 4.69) is 10.3 Å². The maximum atomic E-state index is 12.6. The summed E-state index contributed by atoms with van der Waals surface area (Å²) in [4.78, 5) is 17.1. The summed E-state index contributed by atoms with van der Waals surface area (Å²) >= 11 is 0. The van der Waals surface area contributed by atoms with Crippen molar-refractivity contribution in [2.45, 2.75) is 20.5 Å². The standard InChI is InChI=1S/C23H21N3O2/c1-16-9-10-21(17(2)12-16)25-23(27)18-6-5-7-20(13-18)28-15-19-14-26-11-4-3-8-22(26)24-19/h3-14H,15H2,1-2H3,(H,25,27). The number of hydrogen-bond acceptors (Lipinski definition) is 3. The molecular weight excluding hydrogens is 350 g/mol. The molecule has 5 nitrogen and oxygen atoms in total. The van der Waals surface area contributed by atoms with Crippen molar-refractivity contribution in [1.29, 1.82) is 0 Å². The third-order valence-corrected chi connectivity index (χ3v) is 4.53. The molecule has 2 aromatic carbocycles. The smallest absolute Gasteiger partial charge is 0.255 e. The summed E-state index contributed by atoms with van der Waals surface area (Å²) in [6.07, 6.45) is 3.88. The molecular formula is C23H21N3O2. The maximum absolute atomic E-state index is 12.6. The molecule has 0 aliphatic heterocycles. The molecule has 4 aromatic rings. The van der Waals surface area contributed by atoms with E-state index in [1.807, 2.05) is 79.2 Å². The first-order valence-electron chi connectivity index (χ1n) is 9.12. The number of anilines is 1.